The lowest BCUT2D eigenvalue weighted by Crippen LogP contribution is -2.01. The number of nitriles is 2. The van der Waals surface area contributed by atoms with Crippen LogP contribution in [0.3, 0.4) is 0 Å². The van der Waals surface area contributed by atoms with Crippen LogP contribution in [0.15, 0.2) is 60.3 Å². The molecule has 0 heterocycles. The number of carbonyl (C=O) groups excluding carboxylic acids is 1. The highest BCUT2D eigenvalue weighted by Crippen LogP contribution is 2.29. The van der Waals surface area contributed by atoms with Gasteiger partial charge in [-0.2, -0.15) is 10.5 Å². The van der Waals surface area contributed by atoms with Crippen LogP contribution < -0.4 is 10.1 Å². The summed E-state index contributed by atoms with van der Waals surface area (Å²) in [5.74, 6) is 0.477. The number of rotatable bonds is 5. The third kappa shape index (κ3) is 4.12. The molecule has 0 aliphatic carbocycles. The van der Waals surface area contributed by atoms with Crippen LogP contribution in [0.1, 0.15) is 10.4 Å². The maximum absolute atomic E-state index is 11.6. The van der Waals surface area contributed by atoms with E-state index in [1.165, 1.54) is 13.3 Å². The van der Waals surface area contributed by atoms with Crippen LogP contribution in [0.2, 0.25) is 0 Å². The molecule has 24 heavy (non-hydrogen) atoms. The first-order chi connectivity index (χ1) is 11.7. The zero-order valence-electron chi connectivity index (χ0n) is 12.8. The molecule has 2 rings (SSSR count). The second-order valence-electron chi connectivity index (χ2n) is 4.54. The molecule has 0 unspecified atom stereocenters. The molecule has 0 bridgehead atoms. The van der Waals surface area contributed by atoms with E-state index in [1.54, 1.807) is 60.7 Å². The minimum absolute atomic E-state index is 0.0579. The number of esters is 1. The first-order valence-corrected chi connectivity index (χ1v) is 6.90. The van der Waals surface area contributed by atoms with Gasteiger partial charge in [-0.15, -0.1) is 0 Å². The van der Waals surface area contributed by atoms with E-state index in [0.717, 1.165) is 0 Å². The van der Waals surface area contributed by atoms with Crippen molar-refractivity contribution < 1.29 is 14.3 Å². The summed E-state index contributed by atoms with van der Waals surface area (Å²) in [7, 11) is 1.31. The third-order valence-corrected chi connectivity index (χ3v) is 2.98. The number of methoxy groups -OCH3 is 1. The zero-order chi connectivity index (χ0) is 17.4. The van der Waals surface area contributed by atoms with Crippen LogP contribution in [0.5, 0.6) is 11.5 Å². The molecule has 0 fully saturated rings. The van der Waals surface area contributed by atoms with Crippen molar-refractivity contribution in [1.29, 1.82) is 10.5 Å². The molecule has 1 N–H and O–H groups in total. The van der Waals surface area contributed by atoms with E-state index in [-0.39, 0.29) is 5.57 Å². The summed E-state index contributed by atoms with van der Waals surface area (Å²) in [6, 6.07) is 17.1. The first kappa shape index (κ1) is 16.6. The summed E-state index contributed by atoms with van der Waals surface area (Å²) in [5, 5.41) is 20.4. The van der Waals surface area contributed by atoms with Crippen molar-refractivity contribution in [3.8, 4) is 23.6 Å². The summed E-state index contributed by atoms with van der Waals surface area (Å²) < 4.78 is 10.5. The van der Waals surface area contributed by atoms with Gasteiger partial charge in [0, 0.05) is 6.20 Å². The second-order valence-corrected chi connectivity index (χ2v) is 4.54. The first-order valence-electron chi connectivity index (χ1n) is 6.90. The highest BCUT2D eigenvalue weighted by Gasteiger charge is 2.08. The fourth-order valence-corrected chi connectivity index (χ4v) is 1.85. The Morgan fingerprint density at radius 2 is 1.88 bits per heavy atom. The molecule has 2 aromatic carbocycles. The Morgan fingerprint density at radius 3 is 2.58 bits per heavy atom. The Hall–Kier alpha value is -3.77. The van der Waals surface area contributed by atoms with Crippen molar-refractivity contribution >= 4 is 11.7 Å². The normalized spacial score (nSPS) is 9.12. The molecule has 118 valence electrons. The van der Waals surface area contributed by atoms with Crippen molar-refractivity contribution in [3.05, 3.63) is 65.9 Å². The van der Waals surface area contributed by atoms with E-state index in [0.29, 0.717) is 22.7 Å². The van der Waals surface area contributed by atoms with E-state index in [9.17, 15) is 4.79 Å². The molecule has 0 atom stereocenters. The Bertz CT molecular complexity index is 844. The molecule has 0 radical (unpaired) electrons. The predicted molar refractivity (Wildman–Crippen MR) is 87.2 cm³/mol. The third-order valence-electron chi connectivity index (χ3n) is 2.98. The summed E-state index contributed by atoms with van der Waals surface area (Å²) in [5.41, 5.74) is 0.887. The Balaban J connectivity index is 2.25. The molecule has 0 amide bonds. The van der Waals surface area contributed by atoms with E-state index >= 15 is 0 Å². The van der Waals surface area contributed by atoms with Crippen molar-refractivity contribution in [2.45, 2.75) is 0 Å². The molecule has 6 heteroatoms. The van der Waals surface area contributed by atoms with Crippen molar-refractivity contribution in [3.63, 3.8) is 0 Å². The Kier molecular flexibility index (Phi) is 5.55. The number of hydrogen-bond donors (Lipinski definition) is 1. The van der Waals surface area contributed by atoms with Crippen molar-refractivity contribution in [2.75, 3.05) is 12.4 Å². The number of ether oxygens (including phenoxy) is 2. The highest BCUT2D eigenvalue weighted by molar-refractivity contribution is 5.89. The predicted octanol–water partition coefficient (Wildman–Crippen LogP) is 3.61. The van der Waals surface area contributed by atoms with Crippen LogP contribution in [-0.4, -0.2) is 13.1 Å². The number of anilines is 1. The van der Waals surface area contributed by atoms with Gasteiger partial charge in [0.15, 0.2) is 5.75 Å². The molecule has 0 saturated carbocycles. The quantitative estimate of drug-likeness (QED) is 0.668. The van der Waals surface area contributed by atoms with Gasteiger partial charge in [0.2, 0.25) is 0 Å². The van der Waals surface area contributed by atoms with Crippen LogP contribution in [0, 0.1) is 22.7 Å². The average Bonchev–Trinajstić information content (AvgIpc) is 2.63. The Labute approximate surface area is 139 Å². The van der Waals surface area contributed by atoms with Gasteiger partial charge in [-0.05, 0) is 30.3 Å². The lowest BCUT2D eigenvalue weighted by atomic mass is 10.2. The minimum Gasteiger partial charge on any atom is -0.465 e. The van der Waals surface area contributed by atoms with Gasteiger partial charge in [-0.3, -0.25) is 0 Å². The molecular formula is C18H13N3O3. The second kappa shape index (κ2) is 8.02. The molecule has 2 aromatic rings. The number of allylic oxidation sites excluding steroid dienone is 1. The largest absolute Gasteiger partial charge is 0.465 e. The smallest absolute Gasteiger partial charge is 0.337 e. The average molecular weight is 319 g/mol. The lowest BCUT2D eigenvalue weighted by Gasteiger charge is -2.11. The summed E-state index contributed by atoms with van der Waals surface area (Å²) in [4.78, 5) is 11.6. The van der Waals surface area contributed by atoms with Crippen LogP contribution in [0.25, 0.3) is 0 Å². The fraction of sp³-hybridized carbons (Fsp3) is 0.0556. The number of benzene rings is 2. The lowest BCUT2D eigenvalue weighted by molar-refractivity contribution is 0.0600. The van der Waals surface area contributed by atoms with Gasteiger partial charge in [0.05, 0.1) is 18.4 Å². The topological polar surface area (TPSA) is 95.1 Å². The van der Waals surface area contributed by atoms with Gasteiger partial charge < -0.3 is 14.8 Å². The van der Waals surface area contributed by atoms with Gasteiger partial charge in [0.1, 0.15) is 23.5 Å². The van der Waals surface area contributed by atoms with E-state index in [1.807, 2.05) is 0 Å². The summed E-state index contributed by atoms with van der Waals surface area (Å²) >= 11 is 0. The fourth-order valence-electron chi connectivity index (χ4n) is 1.85. The number of carbonyl (C=O) groups is 1. The maximum atomic E-state index is 11.6. The minimum atomic E-state index is -0.456. The standard InChI is InChI=1S/C18H13N3O3/c1-23-18(22)14-5-4-6-15(9-14)24-17-8-3-2-7-16(17)21-12-13(10-19)11-20/h2-9,12,21H,1H3. The molecule has 6 nitrogen and oxygen atoms in total. The monoisotopic (exact) mass is 319 g/mol. The summed E-state index contributed by atoms with van der Waals surface area (Å²) in [6.07, 6.45) is 1.30. The van der Waals surface area contributed by atoms with Gasteiger partial charge in [-0.1, -0.05) is 18.2 Å². The summed E-state index contributed by atoms with van der Waals surface area (Å²) in [6.45, 7) is 0. The highest BCUT2D eigenvalue weighted by atomic mass is 16.5. The van der Waals surface area contributed by atoms with E-state index < -0.39 is 5.97 Å². The molecule has 0 spiro atoms. The van der Waals surface area contributed by atoms with Crippen LogP contribution in [-0.2, 0) is 4.74 Å². The number of para-hydroxylation sites is 2. The van der Waals surface area contributed by atoms with E-state index in [4.69, 9.17) is 15.3 Å². The van der Waals surface area contributed by atoms with Crippen LogP contribution >= 0.6 is 0 Å². The zero-order valence-corrected chi connectivity index (χ0v) is 12.8. The maximum Gasteiger partial charge on any atom is 0.337 e. The SMILES string of the molecule is COC(=O)c1cccc(Oc2ccccc2NC=C(C#N)C#N)c1. The number of nitrogens with zero attached hydrogens (tertiary/aromatic N) is 2. The van der Waals surface area contributed by atoms with E-state index in [2.05, 4.69) is 10.1 Å². The molecule has 0 aliphatic rings. The van der Waals surface area contributed by atoms with Crippen molar-refractivity contribution in [1.82, 2.24) is 0 Å². The van der Waals surface area contributed by atoms with Crippen LogP contribution in [0.4, 0.5) is 5.69 Å². The van der Waals surface area contributed by atoms with Gasteiger partial charge in [0.25, 0.3) is 0 Å². The van der Waals surface area contributed by atoms with Gasteiger partial charge >= 0.3 is 5.97 Å². The van der Waals surface area contributed by atoms with Gasteiger partial charge in [-0.25, -0.2) is 4.79 Å². The number of hydrogen-bond acceptors (Lipinski definition) is 6. The molecular weight excluding hydrogens is 306 g/mol. The molecule has 0 aliphatic heterocycles. The molecule has 0 saturated heterocycles. The Morgan fingerprint density at radius 1 is 1.12 bits per heavy atom. The molecule has 0 aromatic heterocycles. The van der Waals surface area contributed by atoms with Crippen molar-refractivity contribution in [2.24, 2.45) is 0 Å². The number of nitrogens with one attached hydrogen (secondary N) is 1.